The lowest BCUT2D eigenvalue weighted by Gasteiger charge is -2.20. The van der Waals surface area contributed by atoms with Crippen molar-refractivity contribution in [2.24, 2.45) is 5.41 Å². The Bertz CT molecular complexity index is 73.5. The summed E-state index contributed by atoms with van der Waals surface area (Å²) >= 11 is 0. The maximum absolute atomic E-state index is 8.94. The van der Waals surface area contributed by atoms with Gasteiger partial charge in [0.25, 0.3) is 0 Å². The molecule has 0 aromatic carbocycles. The minimum Gasteiger partial charge on any atom is -0.394 e. The predicted octanol–water partition coefficient (Wildman–Crippen LogP) is 0.776. The van der Waals surface area contributed by atoms with E-state index in [9.17, 15) is 0 Å². The van der Waals surface area contributed by atoms with Gasteiger partial charge < -0.3 is 10.2 Å². The highest BCUT2D eigenvalue weighted by molar-refractivity contribution is 4.66. The van der Waals surface area contributed by atoms with Gasteiger partial charge in [0.2, 0.25) is 0 Å². The third kappa shape index (κ3) is 5.80. The van der Waals surface area contributed by atoms with Gasteiger partial charge in [0.15, 0.2) is 0 Å². The van der Waals surface area contributed by atoms with E-state index in [0.29, 0.717) is 6.42 Å². The molecule has 0 aromatic heterocycles. The molecule has 2 heteroatoms. The zero-order valence-corrected chi connectivity index (χ0v) is 6.39. The van der Waals surface area contributed by atoms with Gasteiger partial charge >= 0.3 is 0 Å². The van der Waals surface area contributed by atoms with Crippen molar-refractivity contribution in [1.29, 1.82) is 0 Å². The van der Waals surface area contributed by atoms with Gasteiger partial charge in [0.1, 0.15) is 0 Å². The monoisotopic (exact) mass is 132 g/mol. The van der Waals surface area contributed by atoms with E-state index in [4.69, 9.17) is 10.2 Å². The lowest BCUT2D eigenvalue weighted by Crippen LogP contribution is -2.20. The summed E-state index contributed by atoms with van der Waals surface area (Å²) in [6, 6.07) is 0. The van der Waals surface area contributed by atoms with E-state index in [1.54, 1.807) is 0 Å². The molecule has 1 atom stereocenters. The van der Waals surface area contributed by atoms with Crippen LogP contribution in [0, 0.1) is 5.41 Å². The Kier molecular flexibility index (Phi) is 3.15. The molecule has 0 spiro atoms. The molecule has 2 N–H and O–H groups in total. The summed E-state index contributed by atoms with van der Waals surface area (Å²) < 4.78 is 0. The van der Waals surface area contributed by atoms with Crippen LogP contribution in [-0.2, 0) is 0 Å². The molecule has 56 valence electrons. The van der Waals surface area contributed by atoms with Crippen LogP contribution >= 0.6 is 0 Å². The first-order chi connectivity index (χ1) is 3.95. The predicted molar refractivity (Wildman–Crippen MR) is 37.2 cm³/mol. The van der Waals surface area contributed by atoms with E-state index in [1.165, 1.54) is 0 Å². The number of hydrogen-bond acceptors (Lipinski definition) is 2. The van der Waals surface area contributed by atoms with E-state index in [0.717, 1.165) is 0 Å². The van der Waals surface area contributed by atoms with Crippen LogP contribution in [0.2, 0.25) is 0 Å². The molecule has 0 bridgehead atoms. The molecular weight excluding hydrogens is 116 g/mol. The van der Waals surface area contributed by atoms with Gasteiger partial charge in [-0.2, -0.15) is 0 Å². The van der Waals surface area contributed by atoms with Gasteiger partial charge in [-0.25, -0.2) is 0 Å². The molecule has 0 radical (unpaired) electrons. The average Bonchev–Trinajstić information content (AvgIpc) is 1.62. The molecule has 0 heterocycles. The van der Waals surface area contributed by atoms with Gasteiger partial charge in [-0.15, -0.1) is 0 Å². The Morgan fingerprint density at radius 1 is 1.33 bits per heavy atom. The van der Waals surface area contributed by atoms with Gasteiger partial charge in [-0.3, -0.25) is 0 Å². The summed E-state index contributed by atoms with van der Waals surface area (Å²) in [7, 11) is 0. The van der Waals surface area contributed by atoms with Gasteiger partial charge in [0, 0.05) is 0 Å². The second kappa shape index (κ2) is 3.18. The molecule has 0 aliphatic carbocycles. The van der Waals surface area contributed by atoms with Crippen LogP contribution in [0.4, 0.5) is 0 Å². The summed E-state index contributed by atoms with van der Waals surface area (Å²) in [5.74, 6) is 0. The maximum atomic E-state index is 8.94. The van der Waals surface area contributed by atoms with Crippen molar-refractivity contribution in [2.45, 2.75) is 33.3 Å². The SMILES string of the molecule is CC(C)(C)C[C@H](O)CO. The summed E-state index contributed by atoms with van der Waals surface area (Å²) in [6.45, 7) is 5.97. The molecule has 0 aliphatic heterocycles. The van der Waals surface area contributed by atoms with E-state index >= 15 is 0 Å². The van der Waals surface area contributed by atoms with Gasteiger partial charge in [-0.05, 0) is 11.8 Å². The van der Waals surface area contributed by atoms with Gasteiger partial charge in [-0.1, -0.05) is 20.8 Å². The topological polar surface area (TPSA) is 40.5 Å². The van der Waals surface area contributed by atoms with Crippen LogP contribution < -0.4 is 0 Å². The van der Waals surface area contributed by atoms with Crippen molar-refractivity contribution in [3.8, 4) is 0 Å². The van der Waals surface area contributed by atoms with Crippen molar-refractivity contribution in [2.75, 3.05) is 6.61 Å². The molecule has 0 saturated heterocycles. The van der Waals surface area contributed by atoms with Crippen molar-refractivity contribution >= 4 is 0 Å². The largest absolute Gasteiger partial charge is 0.394 e. The number of hydrogen-bond donors (Lipinski definition) is 2. The number of aliphatic hydroxyl groups excluding tert-OH is 2. The van der Waals surface area contributed by atoms with Crippen LogP contribution in [0.15, 0.2) is 0 Å². The number of aliphatic hydroxyl groups is 2. The fourth-order valence-electron chi connectivity index (χ4n) is 0.771. The minimum atomic E-state index is -0.551. The molecule has 0 rings (SSSR count). The zero-order chi connectivity index (χ0) is 7.49. The Labute approximate surface area is 56.5 Å². The second-order valence-corrected chi connectivity index (χ2v) is 3.60. The van der Waals surface area contributed by atoms with Crippen molar-refractivity contribution < 1.29 is 10.2 Å². The van der Waals surface area contributed by atoms with E-state index < -0.39 is 6.10 Å². The van der Waals surface area contributed by atoms with Crippen LogP contribution in [0.25, 0.3) is 0 Å². The van der Waals surface area contributed by atoms with Crippen LogP contribution in [0.5, 0.6) is 0 Å². The first-order valence-electron chi connectivity index (χ1n) is 3.24. The fraction of sp³-hybridized carbons (Fsp3) is 1.00. The quantitative estimate of drug-likeness (QED) is 0.582. The molecule has 0 unspecified atom stereocenters. The summed E-state index contributed by atoms with van der Waals surface area (Å²) in [4.78, 5) is 0. The zero-order valence-electron chi connectivity index (χ0n) is 6.39. The first-order valence-corrected chi connectivity index (χ1v) is 3.24. The molecule has 0 aromatic rings. The van der Waals surface area contributed by atoms with Crippen LogP contribution in [0.3, 0.4) is 0 Å². The highest BCUT2D eigenvalue weighted by atomic mass is 16.3. The fourth-order valence-corrected chi connectivity index (χ4v) is 0.771. The highest BCUT2D eigenvalue weighted by Gasteiger charge is 2.15. The maximum Gasteiger partial charge on any atom is 0.0775 e. The summed E-state index contributed by atoms with van der Waals surface area (Å²) in [5, 5.41) is 17.4. The van der Waals surface area contributed by atoms with Crippen molar-refractivity contribution in [1.82, 2.24) is 0 Å². The Morgan fingerprint density at radius 2 is 1.78 bits per heavy atom. The number of rotatable bonds is 2. The van der Waals surface area contributed by atoms with Crippen LogP contribution in [0.1, 0.15) is 27.2 Å². The highest BCUT2D eigenvalue weighted by Crippen LogP contribution is 2.20. The van der Waals surface area contributed by atoms with E-state index in [-0.39, 0.29) is 12.0 Å². The molecule has 0 saturated carbocycles. The lowest BCUT2D eigenvalue weighted by atomic mass is 9.89. The third-order valence-corrected chi connectivity index (χ3v) is 1.06. The average molecular weight is 132 g/mol. The Balaban J connectivity index is 3.47. The molecular formula is C7H16O2. The second-order valence-electron chi connectivity index (χ2n) is 3.60. The molecule has 0 fully saturated rings. The first kappa shape index (κ1) is 8.92. The lowest BCUT2D eigenvalue weighted by molar-refractivity contribution is 0.0612. The summed E-state index contributed by atoms with van der Waals surface area (Å²) in [6.07, 6.45) is 0.105. The van der Waals surface area contributed by atoms with E-state index in [2.05, 4.69) is 0 Å². The third-order valence-electron chi connectivity index (χ3n) is 1.06. The standard InChI is InChI=1S/C7H16O2/c1-7(2,3)4-6(9)5-8/h6,8-9H,4-5H2,1-3H3/t6-/m0/s1. The Morgan fingerprint density at radius 3 is 1.89 bits per heavy atom. The molecule has 0 amide bonds. The van der Waals surface area contributed by atoms with E-state index in [1.807, 2.05) is 20.8 Å². The minimum absolute atomic E-state index is 0.113. The smallest absolute Gasteiger partial charge is 0.0775 e. The van der Waals surface area contributed by atoms with Crippen LogP contribution in [-0.4, -0.2) is 22.9 Å². The molecule has 9 heavy (non-hydrogen) atoms. The van der Waals surface area contributed by atoms with Crippen molar-refractivity contribution in [3.05, 3.63) is 0 Å². The molecule has 0 aliphatic rings. The van der Waals surface area contributed by atoms with Crippen molar-refractivity contribution in [3.63, 3.8) is 0 Å². The normalized spacial score (nSPS) is 15.7. The van der Waals surface area contributed by atoms with Gasteiger partial charge in [0.05, 0.1) is 12.7 Å². The summed E-state index contributed by atoms with van der Waals surface area (Å²) in [5.41, 5.74) is 0.113. The molecule has 2 nitrogen and oxygen atoms in total. The Hall–Kier alpha value is -0.0800.